The van der Waals surface area contributed by atoms with E-state index in [1.54, 1.807) is 13.8 Å². The Hall–Kier alpha value is -2.46. The molecule has 0 saturated heterocycles. The quantitative estimate of drug-likeness (QED) is 0.643. The molecule has 0 aromatic heterocycles. The van der Waals surface area contributed by atoms with E-state index < -0.39 is 27.9 Å². The summed E-state index contributed by atoms with van der Waals surface area (Å²) < 4.78 is 35.9. The van der Waals surface area contributed by atoms with E-state index in [1.807, 2.05) is 0 Å². The van der Waals surface area contributed by atoms with E-state index in [0.717, 1.165) is 30.7 Å². The monoisotopic (exact) mass is 386 g/mol. The molecule has 0 atom stereocenters. The average Bonchev–Trinajstić information content (AvgIpc) is 2.64. The Morgan fingerprint density at radius 2 is 1.50 bits per heavy atom. The van der Waals surface area contributed by atoms with Crippen LogP contribution in [-0.4, -0.2) is 64.4 Å². The van der Waals surface area contributed by atoms with Crippen LogP contribution in [-0.2, 0) is 24.3 Å². The molecule has 1 aromatic carbocycles. The Labute approximate surface area is 152 Å². The van der Waals surface area contributed by atoms with Crippen LogP contribution in [0.3, 0.4) is 0 Å². The zero-order valence-electron chi connectivity index (χ0n) is 15.1. The van der Waals surface area contributed by atoms with Crippen LogP contribution in [0.4, 0.5) is 0 Å². The molecular formula is C16H22N2O7S. The lowest BCUT2D eigenvalue weighted by atomic mass is 10.1. The minimum Gasteiger partial charge on any atom is -0.465 e. The Kier molecular flexibility index (Phi) is 7.72. The molecule has 0 spiro atoms. The van der Waals surface area contributed by atoms with Crippen molar-refractivity contribution in [2.45, 2.75) is 18.7 Å². The summed E-state index contributed by atoms with van der Waals surface area (Å²) in [6, 6.07) is 3.36. The molecule has 0 unspecified atom stereocenters. The molecule has 144 valence electrons. The van der Waals surface area contributed by atoms with Crippen molar-refractivity contribution in [2.24, 2.45) is 0 Å². The van der Waals surface area contributed by atoms with Gasteiger partial charge in [0.05, 0.1) is 36.8 Å². The Balaban J connectivity index is 3.42. The van der Waals surface area contributed by atoms with Crippen LogP contribution < -0.4 is 5.32 Å². The highest BCUT2D eigenvalue weighted by molar-refractivity contribution is 7.89. The van der Waals surface area contributed by atoms with Crippen molar-refractivity contribution >= 4 is 27.9 Å². The predicted molar refractivity (Wildman–Crippen MR) is 92.2 cm³/mol. The van der Waals surface area contributed by atoms with E-state index in [1.165, 1.54) is 6.07 Å². The Morgan fingerprint density at radius 3 is 1.88 bits per heavy atom. The largest absolute Gasteiger partial charge is 0.465 e. The summed E-state index contributed by atoms with van der Waals surface area (Å²) in [7, 11) is -1.87. The number of methoxy groups -OCH3 is 2. The lowest BCUT2D eigenvalue weighted by Gasteiger charge is -2.20. The smallest absolute Gasteiger partial charge is 0.337 e. The molecule has 1 rings (SSSR count). The van der Waals surface area contributed by atoms with Gasteiger partial charge in [0.15, 0.2) is 0 Å². The summed E-state index contributed by atoms with van der Waals surface area (Å²) >= 11 is 0. The number of esters is 2. The molecule has 1 amide bonds. The summed E-state index contributed by atoms with van der Waals surface area (Å²) in [6.07, 6.45) is 0. The van der Waals surface area contributed by atoms with E-state index in [0.29, 0.717) is 6.54 Å². The highest BCUT2D eigenvalue weighted by Crippen LogP contribution is 2.21. The first-order valence-electron chi connectivity index (χ1n) is 7.79. The van der Waals surface area contributed by atoms with Crippen LogP contribution in [0, 0.1) is 0 Å². The van der Waals surface area contributed by atoms with Crippen molar-refractivity contribution < 1.29 is 32.3 Å². The van der Waals surface area contributed by atoms with Gasteiger partial charge < -0.3 is 14.8 Å². The van der Waals surface area contributed by atoms with Gasteiger partial charge in [-0.1, -0.05) is 6.92 Å². The van der Waals surface area contributed by atoms with Crippen LogP contribution >= 0.6 is 0 Å². The first-order valence-corrected chi connectivity index (χ1v) is 9.23. The minimum absolute atomic E-state index is 0.0233. The normalized spacial score (nSPS) is 11.1. The number of hydrogen-bond acceptors (Lipinski definition) is 7. The topological polar surface area (TPSA) is 119 Å². The van der Waals surface area contributed by atoms with Crippen molar-refractivity contribution in [3.63, 3.8) is 0 Å². The number of ether oxygens (including phenoxy) is 2. The van der Waals surface area contributed by atoms with Gasteiger partial charge in [-0.25, -0.2) is 18.0 Å². The maximum atomic E-state index is 12.9. The van der Waals surface area contributed by atoms with Crippen molar-refractivity contribution in [2.75, 3.05) is 33.9 Å². The second kappa shape index (κ2) is 9.30. The third kappa shape index (κ3) is 5.02. The maximum absolute atomic E-state index is 12.9. The second-order valence-electron chi connectivity index (χ2n) is 5.11. The summed E-state index contributed by atoms with van der Waals surface area (Å²) in [5.74, 6) is -2.08. The molecule has 0 fully saturated rings. The zero-order chi connectivity index (χ0) is 19.9. The number of nitrogens with zero attached hydrogens (tertiary/aromatic N) is 1. The standard InChI is InChI=1S/C16H22N2O7S/c1-5-17-14(19)10-18(6-2)26(22,23)13-8-11(15(20)24-3)7-12(9-13)16(21)25-4/h7-9H,5-6,10H2,1-4H3,(H,17,19). The number of likely N-dealkylation sites (N-methyl/N-ethyl adjacent to an activating group) is 2. The molecule has 0 heterocycles. The van der Waals surface area contributed by atoms with Gasteiger partial charge in [0, 0.05) is 13.1 Å². The number of sulfonamides is 1. The minimum atomic E-state index is -4.14. The number of benzene rings is 1. The number of carbonyl (C=O) groups is 3. The lowest BCUT2D eigenvalue weighted by molar-refractivity contribution is -0.121. The van der Waals surface area contributed by atoms with Crippen molar-refractivity contribution in [1.29, 1.82) is 0 Å². The fraction of sp³-hybridized carbons (Fsp3) is 0.438. The third-order valence-electron chi connectivity index (χ3n) is 3.43. The van der Waals surface area contributed by atoms with Crippen LogP contribution in [0.1, 0.15) is 34.6 Å². The second-order valence-corrected chi connectivity index (χ2v) is 7.05. The van der Waals surface area contributed by atoms with Gasteiger partial charge in [-0.2, -0.15) is 4.31 Å². The fourth-order valence-electron chi connectivity index (χ4n) is 2.15. The molecule has 0 saturated carbocycles. The fourth-order valence-corrected chi connectivity index (χ4v) is 3.63. The Morgan fingerprint density at radius 1 is 1.00 bits per heavy atom. The highest BCUT2D eigenvalue weighted by atomic mass is 32.2. The van der Waals surface area contributed by atoms with Gasteiger partial charge in [-0.15, -0.1) is 0 Å². The SMILES string of the molecule is CCNC(=O)CN(CC)S(=O)(=O)c1cc(C(=O)OC)cc(C(=O)OC)c1. The molecule has 1 N–H and O–H groups in total. The number of carbonyl (C=O) groups excluding carboxylic acids is 3. The summed E-state index contributed by atoms with van der Waals surface area (Å²) in [5.41, 5.74) is -0.244. The molecule has 0 aliphatic heterocycles. The molecule has 0 radical (unpaired) electrons. The molecule has 1 aromatic rings. The molecular weight excluding hydrogens is 364 g/mol. The average molecular weight is 386 g/mol. The summed E-state index contributed by atoms with van der Waals surface area (Å²) in [5, 5.41) is 2.52. The third-order valence-corrected chi connectivity index (χ3v) is 5.33. The van der Waals surface area contributed by atoms with Gasteiger partial charge in [-0.3, -0.25) is 4.79 Å². The van der Waals surface area contributed by atoms with Crippen molar-refractivity contribution in [1.82, 2.24) is 9.62 Å². The van der Waals surface area contributed by atoms with Gasteiger partial charge in [0.1, 0.15) is 0 Å². The Bertz CT molecular complexity index is 756. The van der Waals surface area contributed by atoms with E-state index in [4.69, 9.17) is 0 Å². The van der Waals surface area contributed by atoms with E-state index in [2.05, 4.69) is 14.8 Å². The van der Waals surface area contributed by atoms with Gasteiger partial charge >= 0.3 is 11.9 Å². The molecule has 9 nitrogen and oxygen atoms in total. The van der Waals surface area contributed by atoms with E-state index in [9.17, 15) is 22.8 Å². The molecule has 0 aliphatic carbocycles. The number of nitrogens with one attached hydrogen (secondary N) is 1. The van der Waals surface area contributed by atoms with E-state index >= 15 is 0 Å². The van der Waals surface area contributed by atoms with Crippen molar-refractivity contribution in [3.05, 3.63) is 29.3 Å². The van der Waals surface area contributed by atoms with Crippen LogP contribution in [0.5, 0.6) is 0 Å². The maximum Gasteiger partial charge on any atom is 0.337 e. The molecule has 26 heavy (non-hydrogen) atoms. The van der Waals surface area contributed by atoms with Gasteiger partial charge in [0.25, 0.3) is 0 Å². The number of amides is 1. The van der Waals surface area contributed by atoms with Crippen LogP contribution in [0.2, 0.25) is 0 Å². The van der Waals surface area contributed by atoms with Crippen LogP contribution in [0.25, 0.3) is 0 Å². The first-order chi connectivity index (χ1) is 12.2. The zero-order valence-corrected chi connectivity index (χ0v) is 15.9. The first kappa shape index (κ1) is 21.6. The van der Waals surface area contributed by atoms with Gasteiger partial charge in [-0.05, 0) is 25.1 Å². The lowest BCUT2D eigenvalue weighted by Crippen LogP contribution is -2.40. The number of hydrogen-bond donors (Lipinski definition) is 1. The van der Waals surface area contributed by atoms with Crippen molar-refractivity contribution in [3.8, 4) is 0 Å². The molecule has 0 aliphatic rings. The van der Waals surface area contributed by atoms with Gasteiger partial charge in [0.2, 0.25) is 15.9 Å². The van der Waals surface area contributed by atoms with E-state index in [-0.39, 0.29) is 29.1 Å². The summed E-state index contributed by atoms with van der Waals surface area (Å²) in [6.45, 7) is 3.28. The van der Waals surface area contributed by atoms with Crippen LogP contribution in [0.15, 0.2) is 23.1 Å². The predicted octanol–water partition coefficient (Wildman–Crippen LogP) is 0.406. The summed E-state index contributed by atoms with van der Waals surface area (Å²) in [4.78, 5) is 35.1. The molecule has 0 bridgehead atoms. The highest BCUT2D eigenvalue weighted by Gasteiger charge is 2.27. The molecule has 10 heteroatoms. The number of rotatable bonds is 8.